The van der Waals surface area contributed by atoms with Crippen LogP contribution in [0.15, 0.2) is 54.6 Å². The van der Waals surface area contributed by atoms with Crippen molar-refractivity contribution in [3.05, 3.63) is 99.9 Å². The lowest BCUT2D eigenvalue weighted by atomic mass is 9.86. The lowest BCUT2D eigenvalue weighted by Gasteiger charge is -2.20. The van der Waals surface area contributed by atoms with Crippen LogP contribution < -0.4 is 0 Å². The van der Waals surface area contributed by atoms with Crippen LogP contribution in [-0.2, 0) is 25.7 Å². The minimum absolute atomic E-state index is 0.0232. The van der Waals surface area contributed by atoms with Crippen LogP contribution in [0.2, 0.25) is 0 Å². The SMILES string of the molecule is CCc1ccc(C2=CCc3cc(-c4ccc(CC)c(F)c4F)c(F)cc3C2)cc1. The Kier molecular flexibility index (Phi) is 5.31. The minimum Gasteiger partial charge on any atom is -0.206 e. The largest absolute Gasteiger partial charge is 0.206 e. The molecule has 0 radical (unpaired) electrons. The lowest BCUT2D eigenvalue weighted by Crippen LogP contribution is -2.05. The van der Waals surface area contributed by atoms with Crippen molar-refractivity contribution in [1.29, 1.82) is 0 Å². The van der Waals surface area contributed by atoms with Crippen LogP contribution in [0.1, 0.15) is 41.7 Å². The molecule has 0 unspecified atom stereocenters. The van der Waals surface area contributed by atoms with Gasteiger partial charge < -0.3 is 0 Å². The Balaban J connectivity index is 1.68. The molecule has 0 spiro atoms. The zero-order valence-corrected chi connectivity index (χ0v) is 16.7. The molecule has 1 aliphatic carbocycles. The normalized spacial score (nSPS) is 13.2. The van der Waals surface area contributed by atoms with E-state index in [1.807, 2.05) is 0 Å². The van der Waals surface area contributed by atoms with E-state index in [4.69, 9.17) is 0 Å². The Morgan fingerprint density at radius 3 is 2.21 bits per heavy atom. The second-order valence-corrected chi connectivity index (χ2v) is 7.52. The van der Waals surface area contributed by atoms with E-state index in [2.05, 4.69) is 37.3 Å². The predicted octanol–water partition coefficient (Wildman–Crippen LogP) is 7.08. The zero-order valence-electron chi connectivity index (χ0n) is 16.7. The first-order valence-electron chi connectivity index (χ1n) is 10.1. The summed E-state index contributed by atoms with van der Waals surface area (Å²) in [6.45, 7) is 3.88. The molecule has 0 aliphatic heterocycles. The first-order chi connectivity index (χ1) is 14.0. The summed E-state index contributed by atoms with van der Waals surface area (Å²) in [5, 5.41) is 0. The maximum Gasteiger partial charge on any atom is 0.167 e. The van der Waals surface area contributed by atoms with Crippen molar-refractivity contribution in [2.24, 2.45) is 0 Å². The van der Waals surface area contributed by atoms with Crippen molar-refractivity contribution in [1.82, 2.24) is 0 Å². The topological polar surface area (TPSA) is 0 Å². The highest BCUT2D eigenvalue weighted by Crippen LogP contribution is 2.35. The van der Waals surface area contributed by atoms with Gasteiger partial charge >= 0.3 is 0 Å². The average molecular weight is 392 g/mol. The van der Waals surface area contributed by atoms with E-state index in [1.165, 1.54) is 23.8 Å². The molecule has 0 nitrogen and oxygen atoms in total. The van der Waals surface area contributed by atoms with Crippen LogP contribution >= 0.6 is 0 Å². The smallest absolute Gasteiger partial charge is 0.167 e. The monoisotopic (exact) mass is 392 g/mol. The van der Waals surface area contributed by atoms with Crippen LogP contribution in [0.4, 0.5) is 13.2 Å². The summed E-state index contributed by atoms with van der Waals surface area (Å²) in [5.74, 6) is -2.39. The molecule has 0 amide bonds. The Bertz CT molecular complexity index is 1090. The number of hydrogen-bond donors (Lipinski definition) is 0. The molecule has 4 rings (SSSR count). The third-order valence-electron chi connectivity index (χ3n) is 5.80. The number of rotatable bonds is 4. The molecule has 0 fully saturated rings. The molecule has 3 heteroatoms. The van der Waals surface area contributed by atoms with E-state index in [0.29, 0.717) is 24.8 Å². The molecule has 0 aromatic heterocycles. The highest BCUT2D eigenvalue weighted by Gasteiger charge is 2.20. The van der Waals surface area contributed by atoms with Crippen LogP contribution in [0.5, 0.6) is 0 Å². The third-order valence-corrected chi connectivity index (χ3v) is 5.80. The van der Waals surface area contributed by atoms with Crippen LogP contribution in [0.3, 0.4) is 0 Å². The fourth-order valence-corrected chi connectivity index (χ4v) is 3.98. The Hall–Kier alpha value is -2.81. The first kappa shape index (κ1) is 19.5. The van der Waals surface area contributed by atoms with Gasteiger partial charge in [0.15, 0.2) is 11.6 Å². The average Bonchev–Trinajstić information content (AvgIpc) is 2.75. The van der Waals surface area contributed by atoms with Crippen molar-refractivity contribution < 1.29 is 13.2 Å². The fourth-order valence-electron chi connectivity index (χ4n) is 3.98. The quantitative estimate of drug-likeness (QED) is 0.445. The van der Waals surface area contributed by atoms with E-state index >= 15 is 0 Å². The van der Waals surface area contributed by atoms with E-state index in [9.17, 15) is 13.2 Å². The van der Waals surface area contributed by atoms with E-state index in [0.717, 1.165) is 28.7 Å². The van der Waals surface area contributed by atoms with Gasteiger partial charge in [0, 0.05) is 11.1 Å². The second-order valence-electron chi connectivity index (χ2n) is 7.52. The van der Waals surface area contributed by atoms with E-state index in [-0.39, 0.29) is 11.1 Å². The summed E-state index contributed by atoms with van der Waals surface area (Å²) in [5.41, 5.74) is 5.83. The number of halogens is 3. The maximum absolute atomic E-state index is 14.9. The fraction of sp³-hybridized carbons (Fsp3) is 0.231. The molecule has 3 aromatic rings. The Labute approximate surface area is 169 Å². The van der Waals surface area contributed by atoms with Gasteiger partial charge in [-0.3, -0.25) is 0 Å². The van der Waals surface area contributed by atoms with E-state index < -0.39 is 17.5 Å². The van der Waals surface area contributed by atoms with Gasteiger partial charge in [-0.2, -0.15) is 0 Å². The van der Waals surface area contributed by atoms with Gasteiger partial charge in [-0.25, -0.2) is 13.2 Å². The van der Waals surface area contributed by atoms with Gasteiger partial charge in [0.25, 0.3) is 0 Å². The molecule has 0 atom stereocenters. The van der Waals surface area contributed by atoms with E-state index in [1.54, 1.807) is 13.0 Å². The molecule has 1 aliphatic rings. The molecule has 29 heavy (non-hydrogen) atoms. The third kappa shape index (κ3) is 3.62. The summed E-state index contributed by atoms with van der Waals surface area (Å²) in [4.78, 5) is 0. The number of fused-ring (bicyclic) bond motifs is 1. The van der Waals surface area contributed by atoms with Gasteiger partial charge in [0.05, 0.1) is 0 Å². The van der Waals surface area contributed by atoms with Gasteiger partial charge in [-0.15, -0.1) is 0 Å². The second kappa shape index (κ2) is 7.90. The molecular formula is C26H23F3. The molecule has 0 N–H and O–H groups in total. The molecule has 0 heterocycles. The zero-order chi connectivity index (χ0) is 20.5. The van der Waals surface area contributed by atoms with Gasteiger partial charge in [-0.05, 0) is 71.2 Å². The molecule has 0 saturated carbocycles. The standard InChI is InChI=1S/C26H23F3/c1-3-16-5-7-18(8-6-16)19-9-10-20-14-23(24(27)15-21(20)13-19)22-12-11-17(4-2)25(28)26(22)29/h5-9,11-12,14-15H,3-4,10,13H2,1-2H3. The highest BCUT2D eigenvalue weighted by atomic mass is 19.2. The number of hydrogen-bond acceptors (Lipinski definition) is 0. The number of benzene rings is 3. The lowest BCUT2D eigenvalue weighted by molar-refractivity contribution is 0.501. The van der Waals surface area contributed by atoms with Crippen molar-refractivity contribution in [3.63, 3.8) is 0 Å². The number of aryl methyl sites for hydroxylation is 2. The Morgan fingerprint density at radius 1 is 0.759 bits per heavy atom. The molecule has 148 valence electrons. The maximum atomic E-state index is 14.9. The van der Waals surface area contributed by atoms with Gasteiger partial charge in [-0.1, -0.05) is 56.3 Å². The molecular weight excluding hydrogens is 369 g/mol. The summed E-state index contributed by atoms with van der Waals surface area (Å²) >= 11 is 0. The summed E-state index contributed by atoms with van der Waals surface area (Å²) < 4.78 is 43.6. The molecule has 3 aromatic carbocycles. The van der Waals surface area contributed by atoms with Gasteiger partial charge in [0.1, 0.15) is 5.82 Å². The molecule has 0 saturated heterocycles. The summed E-state index contributed by atoms with van der Waals surface area (Å²) in [6, 6.07) is 14.6. The van der Waals surface area contributed by atoms with Crippen molar-refractivity contribution in [2.45, 2.75) is 39.5 Å². The summed E-state index contributed by atoms with van der Waals surface area (Å²) in [7, 11) is 0. The van der Waals surface area contributed by atoms with Crippen molar-refractivity contribution in [3.8, 4) is 11.1 Å². The van der Waals surface area contributed by atoms with Crippen molar-refractivity contribution in [2.75, 3.05) is 0 Å². The van der Waals surface area contributed by atoms with Crippen LogP contribution in [0, 0.1) is 17.5 Å². The minimum atomic E-state index is -0.980. The Morgan fingerprint density at radius 2 is 1.52 bits per heavy atom. The first-order valence-corrected chi connectivity index (χ1v) is 10.1. The highest BCUT2D eigenvalue weighted by molar-refractivity contribution is 5.73. The predicted molar refractivity (Wildman–Crippen MR) is 112 cm³/mol. The van der Waals surface area contributed by atoms with Crippen LogP contribution in [-0.4, -0.2) is 0 Å². The van der Waals surface area contributed by atoms with Crippen molar-refractivity contribution >= 4 is 5.57 Å². The van der Waals surface area contributed by atoms with Gasteiger partial charge in [0.2, 0.25) is 0 Å². The molecule has 0 bridgehead atoms. The van der Waals surface area contributed by atoms with Crippen LogP contribution in [0.25, 0.3) is 16.7 Å². The summed E-state index contributed by atoms with van der Waals surface area (Å²) in [6.07, 6.45) is 4.80. The number of allylic oxidation sites excluding steroid dienone is 2.